The third kappa shape index (κ3) is 4.20. The van der Waals surface area contributed by atoms with Crippen molar-refractivity contribution in [2.45, 2.75) is 16.2 Å². The molecule has 0 aliphatic rings. The van der Waals surface area contributed by atoms with Gasteiger partial charge in [-0.25, -0.2) is 9.78 Å². The number of aromatic nitrogens is 1. The lowest BCUT2D eigenvalue weighted by molar-refractivity contribution is -0.114. The minimum Gasteiger partial charge on any atom is -0.465 e. The average molecular weight is 343 g/mol. The molecule has 1 aromatic carbocycles. The van der Waals surface area contributed by atoms with Crippen molar-refractivity contribution < 1.29 is 14.3 Å². The first-order valence-corrected chi connectivity index (χ1v) is 7.81. The Morgan fingerprint density at radius 1 is 1.33 bits per heavy atom. The number of methoxy groups -OCH3 is 1. The summed E-state index contributed by atoms with van der Waals surface area (Å²) in [5.74, 6) is -0.616. The second kappa shape index (κ2) is 6.93. The second-order valence-electron chi connectivity index (χ2n) is 3.90. The maximum absolute atomic E-state index is 11.5. The van der Waals surface area contributed by atoms with Crippen molar-refractivity contribution in [3.63, 3.8) is 0 Å². The number of halogens is 1. The molecule has 8 heteroatoms. The van der Waals surface area contributed by atoms with Gasteiger partial charge in [-0.2, -0.15) is 0 Å². The van der Waals surface area contributed by atoms with Crippen molar-refractivity contribution in [1.29, 1.82) is 0 Å². The van der Waals surface area contributed by atoms with Gasteiger partial charge in [0.15, 0.2) is 14.4 Å². The van der Waals surface area contributed by atoms with Gasteiger partial charge in [0.2, 0.25) is 5.91 Å². The van der Waals surface area contributed by atoms with Crippen LogP contribution >= 0.6 is 34.7 Å². The van der Waals surface area contributed by atoms with Gasteiger partial charge >= 0.3 is 5.97 Å². The number of anilines is 1. The molecule has 0 atom stereocenters. The first-order chi connectivity index (χ1) is 9.99. The smallest absolute Gasteiger partial charge is 0.351 e. The van der Waals surface area contributed by atoms with Gasteiger partial charge in [-0.15, -0.1) is 0 Å². The number of thiazole rings is 1. The molecule has 0 radical (unpaired) electrons. The lowest BCUT2D eigenvalue weighted by Gasteiger charge is -2.02. The van der Waals surface area contributed by atoms with Gasteiger partial charge in [-0.05, 0) is 24.3 Å². The van der Waals surface area contributed by atoms with Gasteiger partial charge in [-0.1, -0.05) is 34.7 Å². The molecular weight excluding hydrogens is 332 g/mol. The van der Waals surface area contributed by atoms with Crippen LogP contribution in [0.3, 0.4) is 0 Å². The van der Waals surface area contributed by atoms with E-state index in [2.05, 4.69) is 15.0 Å². The molecule has 0 saturated heterocycles. The predicted molar refractivity (Wildman–Crippen MR) is 83.3 cm³/mol. The fourth-order valence-corrected chi connectivity index (χ4v) is 3.76. The molecule has 0 fully saturated rings. The Morgan fingerprint density at radius 3 is 2.57 bits per heavy atom. The van der Waals surface area contributed by atoms with Crippen molar-refractivity contribution in [2.24, 2.45) is 0 Å². The molecule has 0 unspecified atom stereocenters. The van der Waals surface area contributed by atoms with E-state index >= 15 is 0 Å². The van der Waals surface area contributed by atoms with Gasteiger partial charge in [0, 0.05) is 17.5 Å². The minimum atomic E-state index is -0.495. The second-order valence-corrected chi connectivity index (χ2v) is 6.58. The number of esters is 1. The quantitative estimate of drug-likeness (QED) is 0.858. The van der Waals surface area contributed by atoms with Crippen molar-refractivity contribution in [2.75, 3.05) is 12.4 Å². The number of hydrogen-bond donors (Lipinski definition) is 1. The molecular formula is C13H11ClN2O3S2. The lowest BCUT2D eigenvalue weighted by atomic mass is 10.3. The van der Waals surface area contributed by atoms with Crippen LogP contribution in [0.1, 0.15) is 16.6 Å². The van der Waals surface area contributed by atoms with Crippen LogP contribution in [-0.4, -0.2) is 24.0 Å². The van der Waals surface area contributed by atoms with Crippen LogP contribution < -0.4 is 5.32 Å². The monoisotopic (exact) mass is 342 g/mol. The van der Waals surface area contributed by atoms with Gasteiger partial charge in [-0.3, -0.25) is 4.79 Å². The molecule has 110 valence electrons. The molecule has 1 N–H and O–H groups in total. The maximum Gasteiger partial charge on any atom is 0.351 e. The Bertz CT molecular complexity index is 671. The van der Waals surface area contributed by atoms with Crippen molar-refractivity contribution in [1.82, 2.24) is 4.98 Å². The fraction of sp³-hybridized carbons (Fsp3) is 0.154. The summed E-state index contributed by atoms with van der Waals surface area (Å²) in [6, 6.07) is 7.28. The number of carbonyl (C=O) groups is 2. The van der Waals surface area contributed by atoms with E-state index in [1.807, 2.05) is 12.1 Å². The Balaban J connectivity index is 2.11. The predicted octanol–water partition coefficient (Wildman–Crippen LogP) is 3.69. The van der Waals surface area contributed by atoms with Crippen LogP contribution in [0.2, 0.25) is 5.15 Å². The molecule has 0 bridgehead atoms. The van der Waals surface area contributed by atoms with E-state index in [1.54, 1.807) is 12.1 Å². The number of benzene rings is 1. The van der Waals surface area contributed by atoms with E-state index < -0.39 is 5.97 Å². The zero-order valence-corrected chi connectivity index (χ0v) is 13.6. The molecule has 1 aromatic heterocycles. The summed E-state index contributed by atoms with van der Waals surface area (Å²) in [5.41, 5.74) is 0.722. The third-order valence-corrected chi connectivity index (χ3v) is 4.81. The number of ether oxygens (including phenoxy) is 1. The highest BCUT2D eigenvalue weighted by molar-refractivity contribution is 8.01. The molecule has 0 spiro atoms. The maximum atomic E-state index is 11.5. The van der Waals surface area contributed by atoms with Crippen LogP contribution in [0.5, 0.6) is 0 Å². The van der Waals surface area contributed by atoms with Gasteiger partial charge < -0.3 is 10.1 Å². The zero-order chi connectivity index (χ0) is 15.4. The van der Waals surface area contributed by atoms with Crippen LogP contribution in [0.4, 0.5) is 5.69 Å². The number of carbonyl (C=O) groups excluding carboxylic acids is 2. The molecule has 0 aliphatic carbocycles. The summed E-state index contributed by atoms with van der Waals surface area (Å²) in [4.78, 5) is 27.7. The van der Waals surface area contributed by atoms with Crippen LogP contribution in [0.25, 0.3) is 0 Å². The van der Waals surface area contributed by atoms with E-state index in [0.29, 0.717) is 4.34 Å². The summed E-state index contributed by atoms with van der Waals surface area (Å²) in [6.45, 7) is 1.45. The molecule has 0 saturated carbocycles. The SMILES string of the molecule is COC(=O)c1sc(Sc2ccc(NC(C)=O)cc2)nc1Cl. The fourth-order valence-electron chi connectivity index (χ4n) is 1.46. The number of nitrogens with zero attached hydrogens (tertiary/aromatic N) is 1. The standard InChI is InChI=1S/C13H11ClN2O3S2/c1-7(17)15-8-3-5-9(6-4-8)20-13-16-11(14)10(21-13)12(18)19-2/h3-6H,1-2H3,(H,15,17). The van der Waals surface area contributed by atoms with E-state index in [4.69, 9.17) is 11.6 Å². The number of hydrogen-bond acceptors (Lipinski definition) is 6. The van der Waals surface area contributed by atoms with Gasteiger partial charge in [0.25, 0.3) is 0 Å². The Morgan fingerprint density at radius 2 is 2.00 bits per heavy atom. The molecule has 1 amide bonds. The summed E-state index contributed by atoms with van der Waals surface area (Å²) in [5, 5.41) is 2.83. The van der Waals surface area contributed by atoms with Gasteiger partial charge in [0.05, 0.1) is 7.11 Å². The number of nitrogens with one attached hydrogen (secondary N) is 1. The minimum absolute atomic E-state index is 0.121. The molecule has 21 heavy (non-hydrogen) atoms. The number of amides is 1. The van der Waals surface area contributed by atoms with E-state index in [0.717, 1.165) is 10.6 Å². The third-order valence-electron chi connectivity index (χ3n) is 2.32. The van der Waals surface area contributed by atoms with Crippen LogP contribution in [-0.2, 0) is 9.53 Å². The average Bonchev–Trinajstić information content (AvgIpc) is 2.80. The molecule has 2 aromatic rings. The topological polar surface area (TPSA) is 68.3 Å². The summed E-state index contributed by atoms with van der Waals surface area (Å²) < 4.78 is 5.28. The van der Waals surface area contributed by atoms with E-state index in [9.17, 15) is 9.59 Å². The van der Waals surface area contributed by atoms with E-state index in [-0.39, 0.29) is 15.9 Å². The lowest BCUT2D eigenvalue weighted by Crippen LogP contribution is -2.05. The largest absolute Gasteiger partial charge is 0.465 e. The van der Waals surface area contributed by atoms with Crippen LogP contribution in [0.15, 0.2) is 33.5 Å². The molecule has 0 aliphatic heterocycles. The highest BCUT2D eigenvalue weighted by Crippen LogP contribution is 2.35. The normalized spacial score (nSPS) is 10.2. The Hall–Kier alpha value is -1.57. The van der Waals surface area contributed by atoms with Crippen molar-refractivity contribution in [3.05, 3.63) is 34.3 Å². The van der Waals surface area contributed by atoms with Crippen molar-refractivity contribution in [3.8, 4) is 0 Å². The molecule has 2 rings (SSSR count). The molecule has 5 nitrogen and oxygen atoms in total. The zero-order valence-electron chi connectivity index (χ0n) is 11.2. The van der Waals surface area contributed by atoms with E-state index in [1.165, 1.54) is 37.1 Å². The molecule has 1 heterocycles. The van der Waals surface area contributed by atoms with Gasteiger partial charge in [0.1, 0.15) is 0 Å². The Kier molecular flexibility index (Phi) is 5.22. The summed E-state index contributed by atoms with van der Waals surface area (Å²) >= 11 is 8.46. The van der Waals surface area contributed by atoms with Crippen molar-refractivity contribution >= 4 is 52.3 Å². The Labute approximate surface area is 134 Å². The number of rotatable bonds is 4. The highest BCUT2D eigenvalue weighted by atomic mass is 35.5. The first-order valence-electron chi connectivity index (χ1n) is 5.79. The summed E-state index contributed by atoms with van der Waals surface area (Å²) in [7, 11) is 1.30. The first kappa shape index (κ1) is 15.8. The van der Waals surface area contributed by atoms with Crippen LogP contribution in [0, 0.1) is 0 Å². The highest BCUT2D eigenvalue weighted by Gasteiger charge is 2.17. The summed E-state index contributed by atoms with van der Waals surface area (Å²) in [6.07, 6.45) is 0.